The summed E-state index contributed by atoms with van der Waals surface area (Å²) in [7, 11) is 0. The fourth-order valence-corrected chi connectivity index (χ4v) is 1.72. The van der Waals surface area contributed by atoms with Crippen molar-refractivity contribution in [2.75, 3.05) is 0 Å². The van der Waals surface area contributed by atoms with Gasteiger partial charge in [-0.2, -0.15) is 5.10 Å². The lowest BCUT2D eigenvalue weighted by Crippen LogP contribution is -1.93. The van der Waals surface area contributed by atoms with Crippen LogP contribution in [0.5, 0.6) is 0 Å². The van der Waals surface area contributed by atoms with Crippen LogP contribution in [0, 0.1) is 6.92 Å². The number of fused-ring (bicyclic) bond motifs is 1. The molecule has 0 aromatic carbocycles. The number of hydrogen-bond acceptors (Lipinski definition) is 3. The van der Waals surface area contributed by atoms with Gasteiger partial charge < -0.3 is 4.42 Å². The standard InChI is InChI=1S/C12H11N3O/c1-9-4-2-6-12-13-11(14-15(9)12)8-10-5-3-7-16-10/h2-7H,8H2,1H3. The van der Waals surface area contributed by atoms with E-state index in [2.05, 4.69) is 10.1 Å². The Morgan fingerprint density at radius 2 is 2.19 bits per heavy atom. The largest absolute Gasteiger partial charge is 0.469 e. The molecule has 80 valence electrons. The molecule has 4 nitrogen and oxygen atoms in total. The fraction of sp³-hybridized carbons (Fsp3) is 0.167. The molecule has 4 heteroatoms. The van der Waals surface area contributed by atoms with Crippen molar-refractivity contribution in [3.63, 3.8) is 0 Å². The number of hydrogen-bond donors (Lipinski definition) is 0. The highest BCUT2D eigenvalue weighted by molar-refractivity contribution is 5.38. The molecule has 0 saturated carbocycles. The first-order valence-corrected chi connectivity index (χ1v) is 5.16. The third-order valence-corrected chi connectivity index (χ3v) is 2.51. The van der Waals surface area contributed by atoms with Crippen LogP contribution in [0.4, 0.5) is 0 Å². The Hall–Kier alpha value is -2.10. The van der Waals surface area contributed by atoms with Crippen molar-refractivity contribution in [1.29, 1.82) is 0 Å². The highest BCUT2D eigenvalue weighted by atomic mass is 16.3. The molecule has 0 atom stereocenters. The zero-order valence-electron chi connectivity index (χ0n) is 8.92. The molecule has 0 unspecified atom stereocenters. The third kappa shape index (κ3) is 1.48. The van der Waals surface area contributed by atoms with Crippen LogP contribution in [-0.4, -0.2) is 14.6 Å². The number of furan rings is 1. The minimum Gasteiger partial charge on any atom is -0.469 e. The molecular weight excluding hydrogens is 202 g/mol. The van der Waals surface area contributed by atoms with Gasteiger partial charge >= 0.3 is 0 Å². The van der Waals surface area contributed by atoms with E-state index in [9.17, 15) is 0 Å². The SMILES string of the molecule is Cc1cccc2nc(Cc3ccco3)nn12. The van der Waals surface area contributed by atoms with Crippen LogP contribution in [-0.2, 0) is 6.42 Å². The van der Waals surface area contributed by atoms with Crippen LogP contribution >= 0.6 is 0 Å². The lowest BCUT2D eigenvalue weighted by atomic mass is 10.3. The Balaban J connectivity index is 2.02. The van der Waals surface area contributed by atoms with E-state index in [4.69, 9.17) is 4.42 Å². The van der Waals surface area contributed by atoms with Crippen molar-refractivity contribution in [3.05, 3.63) is 53.9 Å². The third-order valence-electron chi connectivity index (χ3n) is 2.51. The summed E-state index contributed by atoms with van der Waals surface area (Å²) in [5, 5.41) is 4.43. The second-order valence-corrected chi connectivity index (χ2v) is 3.72. The van der Waals surface area contributed by atoms with Gasteiger partial charge in [-0.05, 0) is 31.2 Å². The van der Waals surface area contributed by atoms with E-state index < -0.39 is 0 Å². The number of pyridine rings is 1. The lowest BCUT2D eigenvalue weighted by Gasteiger charge is -1.94. The summed E-state index contributed by atoms with van der Waals surface area (Å²) >= 11 is 0. The van der Waals surface area contributed by atoms with Crippen molar-refractivity contribution in [3.8, 4) is 0 Å². The van der Waals surface area contributed by atoms with E-state index in [1.54, 1.807) is 6.26 Å². The summed E-state index contributed by atoms with van der Waals surface area (Å²) in [6, 6.07) is 9.74. The van der Waals surface area contributed by atoms with Crippen molar-refractivity contribution >= 4 is 5.65 Å². The maximum Gasteiger partial charge on any atom is 0.159 e. The van der Waals surface area contributed by atoms with Gasteiger partial charge in [0.05, 0.1) is 12.7 Å². The molecule has 0 aliphatic heterocycles. The summed E-state index contributed by atoms with van der Waals surface area (Å²) in [5.41, 5.74) is 1.96. The molecule has 0 aliphatic rings. The van der Waals surface area contributed by atoms with Crippen molar-refractivity contribution in [2.45, 2.75) is 13.3 Å². The number of nitrogens with zero attached hydrogens (tertiary/aromatic N) is 3. The minimum atomic E-state index is 0.633. The Labute approximate surface area is 92.5 Å². The number of aromatic nitrogens is 3. The Morgan fingerprint density at radius 3 is 2.94 bits per heavy atom. The highest BCUT2D eigenvalue weighted by Gasteiger charge is 2.06. The summed E-state index contributed by atoms with van der Waals surface area (Å²) in [6.07, 6.45) is 2.30. The van der Waals surface area contributed by atoms with Gasteiger partial charge in [-0.3, -0.25) is 0 Å². The van der Waals surface area contributed by atoms with Crippen LogP contribution in [0.2, 0.25) is 0 Å². The molecular formula is C12H11N3O. The molecule has 3 aromatic rings. The average Bonchev–Trinajstić information content (AvgIpc) is 2.88. The van der Waals surface area contributed by atoms with Gasteiger partial charge in [-0.25, -0.2) is 9.50 Å². The van der Waals surface area contributed by atoms with E-state index in [1.807, 2.05) is 41.8 Å². The number of rotatable bonds is 2. The molecule has 3 rings (SSSR count). The van der Waals surface area contributed by atoms with Crippen LogP contribution in [0.1, 0.15) is 17.3 Å². The molecule has 0 N–H and O–H groups in total. The summed E-state index contributed by atoms with van der Waals surface area (Å²) < 4.78 is 7.12. The van der Waals surface area contributed by atoms with Crippen LogP contribution in [0.25, 0.3) is 5.65 Å². The van der Waals surface area contributed by atoms with E-state index in [0.717, 1.165) is 22.9 Å². The maximum absolute atomic E-state index is 5.27. The molecule has 0 spiro atoms. The monoisotopic (exact) mass is 213 g/mol. The molecule has 3 heterocycles. The summed E-state index contributed by atoms with van der Waals surface area (Å²) in [6.45, 7) is 2.01. The van der Waals surface area contributed by atoms with Gasteiger partial charge in [0.1, 0.15) is 5.76 Å². The second-order valence-electron chi connectivity index (χ2n) is 3.72. The first-order chi connectivity index (χ1) is 7.83. The predicted octanol–water partition coefficient (Wildman–Crippen LogP) is 2.22. The summed E-state index contributed by atoms with van der Waals surface area (Å²) in [5.74, 6) is 1.66. The van der Waals surface area contributed by atoms with Gasteiger partial charge in [-0.1, -0.05) is 6.07 Å². The predicted molar refractivity (Wildman–Crippen MR) is 59.2 cm³/mol. The quantitative estimate of drug-likeness (QED) is 0.655. The van der Waals surface area contributed by atoms with E-state index >= 15 is 0 Å². The second kappa shape index (κ2) is 3.48. The van der Waals surface area contributed by atoms with Gasteiger partial charge in [0.2, 0.25) is 0 Å². The maximum atomic E-state index is 5.27. The topological polar surface area (TPSA) is 43.3 Å². The average molecular weight is 213 g/mol. The Bertz CT molecular complexity index is 610. The van der Waals surface area contributed by atoms with Crippen molar-refractivity contribution in [2.24, 2.45) is 0 Å². The fourth-order valence-electron chi connectivity index (χ4n) is 1.72. The Kier molecular flexibility index (Phi) is 1.99. The molecule has 0 bridgehead atoms. The van der Waals surface area contributed by atoms with Gasteiger partial charge in [0, 0.05) is 5.69 Å². The minimum absolute atomic E-state index is 0.633. The zero-order valence-corrected chi connectivity index (χ0v) is 8.92. The van der Waals surface area contributed by atoms with Crippen molar-refractivity contribution < 1.29 is 4.42 Å². The number of aryl methyl sites for hydroxylation is 1. The molecule has 0 fully saturated rings. The van der Waals surface area contributed by atoms with Crippen LogP contribution < -0.4 is 0 Å². The van der Waals surface area contributed by atoms with Crippen LogP contribution in [0.15, 0.2) is 41.0 Å². The van der Waals surface area contributed by atoms with E-state index in [0.29, 0.717) is 6.42 Å². The first-order valence-electron chi connectivity index (χ1n) is 5.16. The van der Waals surface area contributed by atoms with E-state index in [1.165, 1.54) is 0 Å². The van der Waals surface area contributed by atoms with Crippen LogP contribution in [0.3, 0.4) is 0 Å². The van der Waals surface area contributed by atoms with Crippen molar-refractivity contribution in [1.82, 2.24) is 14.6 Å². The Morgan fingerprint density at radius 1 is 1.25 bits per heavy atom. The molecule has 0 radical (unpaired) electrons. The van der Waals surface area contributed by atoms with E-state index in [-0.39, 0.29) is 0 Å². The lowest BCUT2D eigenvalue weighted by molar-refractivity contribution is 0.517. The van der Waals surface area contributed by atoms with Gasteiger partial charge in [0.15, 0.2) is 11.5 Å². The first kappa shape index (κ1) is 9.15. The molecule has 0 saturated heterocycles. The normalized spacial score (nSPS) is 11.1. The molecule has 3 aromatic heterocycles. The molecule has 0 amide bonds. The van der Waals surface area contributed by atoms with Gasteiger partial charge in [-0.15, -0.1) is 0 Å². The smallest absolute Gasteiger partial charge is 0.159 e. The summed E-state index contributed by atoms with van der Waals surface area (Å²) in [4.78, 5) is 4.44. The molecule has 16 heavy (non-hydrogen) atoms. The highest BCUT2D eigenvalue weighted by Crippen LogP contribution is 2.09. The van der Waals surface area contributed by atoms with Gasteiger partial charge in [0.25, 0.3) is 0 Å². The zero-order chi connectivity index (χ0) is 11.0. The molecule has 0 aliphatic carbocycles.